The highest BCUT2D eigenvalue weighted by molar-refractivity contribution is 5.78. The third-order valence-corrected chi connectivity index (χ3v) is 5.50. The van der Waals surface area contributed by atoms with E-state index in [0.29, 0.717) is 0 Å². The smallest absolute Gasteiger partial charge is 0.317 e. The van der Waals surface area contributed by atoms with E-state index in [9.17, 15) is 38.7 Å². The Balaban J connectivity index is 0. The summed E-state index contributed by atoms with van der Waals surface area (Å²) in [4.78, 5) is 78.6. The first-order chi connectivity index (χ1) is 19.2. The summed E-state index contributed by atoms with van der Waals surface area (Å²) in [5, 5.41) is 82.4. The maximum Gasteiger partial charge on any atom is 0.317 e. The SMILES string of the molecule is CC(O)NC(CC(=O)O)(CC(=O)O)C(N)(CC(=O)O)CC(=O)O.O=C(O)CN(CCO)CCN(CC(=O)O)CC(=O)O. The second-order valence-electron chi connectivity index (χ2n) is 9.23. The lowest BCUT2D eigenvalue weighted by molar-refractivity contribution is -0.152. The summed E-state index contributed by atoms with van der Waals surface area (Å²) in [6.45, 7) is 0.109. The number of aliphatic hydroxyl groups excluding tert-OH is 2. The number of carbonyl (C=O) groups is 7. The van der Waals surface area contributed by atoms with Crippen molar-refractivity contribution in [3.05, 3.63) is 0 Å². The van der Waals surface area contributed by atoms with Gasteiger partial charge in [0.05, 0.1) is 63.0 Å². The molecule has 20 nitrogen and oxygen atoms in total. The molecule has 0 aliphatic carbocycles. The summed E-state index contributed by atoms with van der Waals surface area (Å²) >= 11 is 0. The van der Waals surface area contributed by atoms with Crippen LogP contribution in [0.1, 0.15) is 32.6 Å². The Kier molecular flexibility index (Phi) is 18.4. The molecule has 0 saturated heterocycles. The Labute approximate surface area is 238 Å². The lowest BCUT2D eigenvalue weighted by Crippen LogP contribution is -2.71. The molecule has 0 radical (unpaired) electrons. The molecular weight excluding hydrogens is 576 g/mol. The van der Waals surface area contributed by atoms with Gasteiger partial charge in [0.15, 0.2) is 0 Å². The maximum atomic E-state index is 11.1. The van der Waals surface area contributed by atoms with Crippen LogP contribution in [0, 0.1) is 0 Å². The normalized spacial score (nSPS) is 12.2. The molecule has 0 aromatic carbocycles. The van der Waals surface area contributed by atoms with Crippen LogP contribution in [-0.2, 0) is 33.6 Å². The number of nitrogens with two attached hydrogens (primary N) is 1. The minimum absolute atomic E-state index is 0.0892. The van der Waals surface area contributed by atoms with Crippen molar-refractivity contribution in [1.29, 1.82) is 0 Å². The first-order valence-electron chi connectivity index (χ1n) is 12.0. The van der Waals surface area contributed by atoms with Gasteiger partial charge in [-0.15, -0.1) is 0 Å². The summed E-state index contributed by atoms with van der Waals surface area (Å²) in [6.07, 6.45) is -5.49. The molecule has 0 bridgehead atoms. The fourth-order valence-corrected chi connectivity index (χ4v) is 4.00. The number of carboxylic acids is 7. The van der Waals surface area contributed by atoms with E-state index in [-0.39, 0.29) is 32.8 Å². The quantitative estimate of drug-likeness (QED) is 0.0518. The van der Waals surface area contributed by atoms with Crippen molar-refractivity contribution in [3.63, 3.8) is 0 Å². The molecule has 242 valence electrons. The van der Waals surface area contributed by atoms with Gasteiger partial charge in [-0.1, -0.05) is 0 Å². The summed E-state index contributed by atoms with van der Waals surface area (Å²) in [5.74, 6) is -9.55. The highest BCUT2D eigenvalue weighted by atomic mass is 16.4. The van der Waals surface area contributed by atoms with Crippen molar-refractivity contribution < 1.29 is 79.5 Å². The molecule has 0 heterocycles. The number of hydrogen-bond donors (Lipinski definition) is 11. The first kappa shape index (κ1) is 40.2. The van der Waals surface area contributed by atoms with Crippen molar-refractivity contribution in [2.24, 2.45) is 5.73 Å². The van der Waals surface area contributed by atoms with Gasteiger partial charge in [-0.3, -0.25) is 48.7 Å². The number of nitrogens with one attached hydrogen (secondary N) is 1. The van der Waals surface area contributed by atoms with Crippen LogP contribution in [0.5, 0.6) is 0 Å². The minimum atomic E-state index is -2.28. The standard InChI is InChI=1S/C12H20N2O9.C10H18N2O7/c1-6(15)14-12(4-9(20)21,5-10(22)23)11(13,2-7(16)17)3-8(18)19;13-4-3-11(5-8(14)15)1-2-12(6-9(16)17)7-10(18)19/h6,14-15H,2-5,13H2,1H3,(H,16,17)(H,18,19)(H,20,21)(H,22,23);13H,1-7H2,(H,14,15)(H,16,17)(H,18,19). The molecule has 1 atom stereocenters. The molecule has 0 amide bonds. The molecule has 0 aromatic heterocycles. The summed E-state index contributed by atoms with van der Waals surface area (Å²) in [6, 6.07) is 0. The average molecular weight is 615 g/mol. The fraction of sp³-hybridized carbons (Fsp3) is 0.682. The van der Waals surface area contributed by atoms with Crippen molar-refractivity contribution in [2.45, 2.75) is 49.9 Å². The molecule has 1 unspecified atom stereocenters. The Morgan fingerprint density at radius 3 is 1.24 bits per heavy atom. The van der Waals surface area contributed by atoms with Crippen LogP contribution in [0.3, 0.4) is 0 Å². The lowest BCUT2D eigenvalue weighted by atomic mass is 9.68. The van der Waals surface area contributed by atoms with Gasteiger partial charge in [0.2, 0.25) is 0 Å². The van der Waals surface area contributed by atoms with Crippen LogP contribution in [0.15, 0.2) is 0 Å². The third-order valence-electron chi connectivity index (χ3n) is 5.50. The van der Waals surface area contributed by atoms with Crippen molar-refractivity contribution >= 4 is 41.8 Å². The van der Waals surface area contributed by atoms with Gasteiger partial charge in [-0.05, 0) is 6.92 Å². The number of aliphatic hydroxyl groups is 2. The van der Waals surface area contributed by atoms with Gasteiger partial charge in [-0.2, -0.15) is 0 Å². The molecular formula is C22H38N4O16. The van der Waals surface area contributed by atoms with E-state index in [4.69, 9.17) is 46.6 Å². The maximum absolute atomic E-state index is 11.1. The second kappa shape index (κ2) is 19.2. The number of nitrogens with zero attached hydrogens (tertiary/aromatic N) is 2. The van der Waals surface area contributed by atoms with Crippen molar-refractivity contribution in [3.8, 4) is 0 Å². The number of carboxylic acid groups (broad SMARTS) is 7. The number of rotatable bonds is 22. The molecule has 0 aliphatic heterocycles. The largest absolute Gasteiger partial charge is 0.481 e. The van der Waals surface area contributed by atoms with Crippen LogP contribution < -0.4 is 11.1 Å². The van der Waals surface area contributed by atoms with Crippen molar-refractivity contribution in [1.82, 2.24) is 15.1 Å². The summed E-state index contributed by atoms with van der Waals surface area (Å²) in [7, 11) is 0. The molecule has 20 heteroatoms. The van der Waals surface area contributed by atoms with Gasteiger partial charge in [0.25, 0.3) is 0 Å². The zero-order valence-corrected chi connectivity index (χ0v) is 22.7. The Morgan fingerprint density at radius 1 is 0.619 bits per heavy atom. The van der Waals surface area contributed by atoms with Gasteiger partial charge in [0.1, 0.15) is 6.23 Å². The van der Waals surface area contributed by atoms with Crippen LogP contribution in [0.2, 0.25) is 0 Å². The molecule has 0 spiro atoms. The van der Waals surface area contributed by atoms with E-state index in [1.807, 2.05) is 0 Å². The van der Waals surface area contributed by atoms with Crippen LogP contribution in [-0.4, -0.2) is 161 Å². The van der Waals surface area contributed by atoms with Crippen LogP contribution >= 0.6 is 0 Å². The van der Waals surface area contributed by atoms with Gasteiger partial charge >= 0.3 is 41.8 Å². The van der Waals surface area contributed by atoms with E-state index in [1.54, 1.807) is 0 Å². The minimum Gasteiger partial charge on any atom is -0.481 e. The highest BCUT2D eigenvalue weighted by Crippen LogP contribution is 2.34. The Hall–Kier alpha value is -3.95. The van der Waals surface area contributed by atoms with Gasteiger partial charge in [0, 0.05) is 19.6 Å². The Bertz CT molecular complexity index is 909. The Morgan fingerprint density at radius 2 is 0.952 bits per heavy atom. The monoisotopic (exact) mass is 614 g/mol. The number of hydrogen-bond acceptors (Lipinski definition) is 13. The number of aliphatic carboxylic acids is 7. The topological polar surface area (TPSA) is 346 Å². The molecule has 0 fully saturated rings. The lowest BCUT2D eigenvalue weighted by Gasteiger charge is -2.47. The molecule has 0 saturated carbocycles. The zero-order valence-electron chi connectivity index (χ0n) is 22.7. The van der Waals surface area contributed by atoms with Gasteiger partial charge < -0.3 is 51.7 Å². The zero-order chi connectivity index (χ0) is 33.3. The van der Waals surface area contributed by atoms with Crippen molar-refractivity contribution in [2.75, 3.05) is 45.9 Å². The fourth-order valence-electron chi connectivity index (χ4n) is 4.00. The predicted octanol–water partition coefficient (Wildman–Crippen LogP) is -3.91. The summed E-state index contributed by atoms with van der Waals surface area (Å²) < 4.78 is 0. The second-order valence-corrected chi connectivity index (χ2v) is 9.23. The van der Waals surface area contributed by atoms with E-state index < -0.39 is 97.9 Å². The highest BCUT2D eigenvalue weighted by Gasteiger charge is 2.54. The van der Waals surface area contributed by atoms with E-state index in [0.717, 1.165) is 6.92 Å². The van der Waals surface area contributed by atoms with Crippen LogP contribution in [0.25, 0.3) is 0 Å². The first-order valence-corrected chi connectivity index (χ1v) is 12.0. The van der Waals surface area contributed by atoms with Gasteiger partial charge in [-0.25, -0.2) is 0 Å². The van der Waals surface area contributed by atoms with Crippen LogP contribution in [0.4, 0.5) is 0 Å². The molecule has 0 rings (SSSR count). The molecule has 12 N–H and O–H groups in total. The molecule has 42 heavy (non-hydrogen) atoms. The molecule has 0 aromatic rings. The predicted molar refractivity (Wildman–Crippen MR) is 136 cm³/mol. The van der Waals surface area contributed by atoms with E-state index in [2.05, 4.69) is 5.32 Å². The average Bonchev–Trinajstić information content (AvgIpc) is 2.74. The molecule has 0 aliphatic rings. The summed E-state index contributed by atoms with van der Waals surface area (Å²) in [5.41, 5.74) is 1.38. The van der Waals surface area contributed by atoms with E-state index in [1.165, 1.54) is 9.80 Å². The van der Waals surface area contributed by atoms with E-state index >= 15 is 0 Å². The third kappa shape index (κ3) is 17.7.